The second-order valence-corrected chi connectivity index (χ2v) is 3.74. The summed E-state index contributed by atoms with van der Waals surface area (Å²) in [5, 5.41) is 14.1. The van der Waals surface area contributed by atoms with E-state index in [4.69, 9.17) is 5.11 Å². The minimum Gasteiger partial charge on any atom is -0.480 e. The molecule has 0 saturated heterocycles. The lowest BCUT2D eigenvalue weighted by Gasteiger charge is -2.11. The monoisotopic (exact) mass is 270 g/mol. The molecule has 0 aromatic carbocycles. The van der Waals surface area contributed by atoms with Gasteiger partial charge in [0.15, 0.2) is 0 Å². The summed E-state index contributed by atoms with van der Waals surface area (Å²) in [7, 11) is 0. The van der Waals surface area contributed by atoms with Crippen LogP contribution in [0.3, 0.4) is 0 Å². The maximum absolute atomic E-state index is 11.5. The van der Waals surface area contributed by atoms with Crippen LogP contribution in [0.5, 0.6) is 0 Å². The Morgan fingerprint density at radius 3 is 2.72 bits per heavy atom. The van der Waals surface area contributed by atoms with Gasteiger partial charge in [-0.1, -0.05) is 0 Å². The van der Waals surface area contributed by atoms with Gasteiger partial charge in [-0.05, 0) is 0 Å². The van der Waals surface area contributed by atoms with E-state index in [-0.39, 0.29) is 17.4 Å². The first-order valence-corrected chi connectivity index (χ1v) is 5.89. The number of nitrogens with zero attached hydrogens (tertiary/aromatic N) is 2. The summed E-state index contributed by atoms with van der Waals surface area (Å²) in [4.78, 5) is 29.8. The van der Waals surface area contributed by atoms with Crippen LogP contribution in [0.2, 0.25) is 0 Å². The van der Waals surface area contributed by atoms with Crippen LogP contribution in [0.15, 0.2) is 18.6 Å². The second-order valence-electron chi connectivity index (χ2n) is 3.37. The minimum atomic E-state index is -0.967. The molecule has 3 N–H and O–H groups in total. The molecule has 8 heteroatoms. The van der Waals surface area contributed by atoms with Crippen LogP contribution in [0, 0.1) is 0 Å². The highest BCUT2D eigenvalue weighted by Gasteiger charge is 2.14. The average Bonchev–Trinajstić information content (AvgIpc) is 2.39. The third kappa shape index (κ3) is 4.68. The molecule has 0 aliphatic heterocycles. The Kier molecular flexibility index (Phi) is 6.09. The Labute approximate surface area is 109 Å². The van der Waals surface area contributed by atoms with Crippen LogP contribution in [-0.4, -0.2) is 51.8 Å². The van der Waals surface area contributed by atoms with Crippen LogP contribution in [-0.2, 0) is 4.79 Å². The van der Waals surface area contributed by atoms with E-state index in [1.165, 1.54) is 18.6 Å². The van der Waals surface area contributed by atoms with Gasteiger partial charge in [-0.15, -0.1) is 0 Å². The van der Waals surface area contributed by atoms with Crippen molar-refractivity contribution in [2.45, 2.75) is 6.04 Å². The number of carbonyl (C=O) groups is 2. The molecule has 1 rings (SSSR count). The SMILES string of the molecule is O=C(NCCNC(CS)C(=O)O)c1cnccn1. The fourth-order valence-corrected chi connectivity index (χ4v) is 1.44. The molecule has 1 heterocycles. The van der Waals surface area contributed by atoms with Gasteiger partial charge in [0, 0.05) is 31.2 Å². The van der Waals surface area contributed by atoms with Crippen molar-refractivity contribution in [1.82, 2.24) is 20.6 Å². The molecule has 1 aromatic rings. The van der Waals surface area contributed by atoms with E-state index in [2.05, 4.69) is 33.2 Å². The van der Waals surface area contributed by atoms with Gasteiger partial charge < -0.3 is 15.7 Å². The van der Waals surface area contributed by atoms with Crippen molar-refractivity contribution in [3.63, 3.8) is 0 Å². The summed E-state index contributed by atoms with van der Waals surface area (Å²) in [5.74, 6) is -1.12. The van der Waals surface area contributed by atoms with Crippen LogP contribution in [0.1, 0.15) is 10.5 Å². The first kappa shape index (κ1) is 14.4. The molecule has 1 atom stereocenters. The molecule has 0 aliphatic carbocycles. The largest absolute Gasteiger partial charge is 0.480 e. The summed E-state index contributed by atoms with van der Waals surface area (Å²) in [6.07, 6.45) is 4.26. The van der Waals surface area contributed by atoms with Gasteiger partial charge in [0.05, 0.1) is 6.20 Å². The van der Waals surface area contributed by atoms with E-state index < -0.39 is 12.0 Å². The second kappa shape index (κ2) is 7.62. The van der Waals surface area contributed by atoms with Gasteiger partial charge >= 0.3 is 5.97 Å². The van der Waals surface area contributed by atoms with E-state index >= 15 is 0 Å². The zero-order chi connectivity index (χ0) is 13.4. The average molecular weight is 270 g/mol. The molecule has 1 amide bonds. The van der Waals surface area contributed by atoms with Gasteiger partial charge in [0.25, 0.3) is 5.91 Å². The summed E-state index contributed by atoms with van der Waals surface area (Å²) in [6, 6.07) is -0.721. The Morgan fingerprint density at radius 1 is 1.39 bits per heavy atom. The predicted molar refractivity (Wildman–Crippen MR) is 67.6 cm³/mol. The number of nitrogens with one attached hydrogen (secondary N) is 2. The number of hydrogen-bond acceptors (Lipinski definition) is 6. The molecule has 0 bridgehead atoms. The molecular formula is C10H14N4O3S. The lowest BCUT2D eigenvalue weighted by atomic mass is 10.3. The highest BCUT2D eigenvalue weighted by Crippen LogP contribution is 1.89. The Morgan fingerprint density at radius 2 is 2.17 bits per heavy atom. The number of carbonyl (C=O) groups excluding carboxylic acids is 1. The van der Waals surface area contributed by atoms with Crippen molar-refractivity contribution in [1.29, 1.82) is 0 Å². The Balaban J connectivity index is 2.26. The fourth-order valence-electron chi connectivity index (χ4n) is 1.16. The van der Waals surface area contributed by atoms with E-state index in [1.807, 2.05) is 0 Å². The summed E-state index contributed by atoms with van der Waals surface area (Å²) in [6.45, 7) is 0.635. The highest BCUT2D eigenvalue weighted by molar-refractivity contribution is 7.80. The summed E-state index contributed by atoms with van der Waals surface area (Å²) >= 11 is 3.91. The number of rotatable bonds is 7. The van der Waals surface area contributed by atoms with Crippen LogP contribution in [0.25, 0.3) is 0 Å². The summed E-state index contributed by atoms with van der Waals surface area (Å²) < 4.78 is 0. The molecule has 18 heavy (non-hydrogen) atoms. The number of aromatic nitrogens is 2. The molecular weight excluding hydrogens is 256 g/mol. The van der Waals surface area contributed by atoms with Crippen LogP contribution < -0.4 is 10.6 Å². The zero-order valence-corrected chi connectivity index (χ0v) is 10.4. The molecule has 0 fully saturated rings. The zero-order valence-electron chi connectivity index (χ0n) is 9.54. The van der Waals surface area contributed by atoms with Crippen molar-refractivity contribution in [2.24, 2.45) is 0 Å². The number of aliphatic carboxylic acids is 1. The molecule has 98 valence electrons. The number of thiol groups is 1. The molecule has 7 nitrogen and oxygen atoms in total. The number of carboxylic acid groups (broad SMARTS) is 1. The van der Waals surface area contributed by atoms with Crippen molar-refractivity contribution in [2.75, 3.05) is 18.8 Å². The third-order valence-corrected chi connectivity index (χ3v) is 2.44. The Hall–Kier alpha value is -1.67. The number of hydrogen-bond donors (Lipinski definition) is 4. The number of carboxylic acids is 1. The van der Waals surface area contributed by atoms with Crippen molar-refractivity contribution < 1.29 is 14.7 Å². The summed E-state index contributed by atoms with van der Waals surface area (Å²) in [5.41, 5.74) is 0.224. The van der Waals surface area contributed by atoms with Crippen molar-refractivity contribution >= 4 is 24.5 Å². The molecule has 0 saturated carbocycles. The maximum atomic E-state index is 11.5. The maximum Gasteiger partial charge on any atom is 0.321 e. The van der Waals surface area contributed by atoms with E-state index in [0.29, 0.717) is 13.1 Å². The lowest BCUT2D eigenvalue weighted by molar-refractivity contribution is -0.138. The van der Waals surface area contributed by atoms with Crippen molar-refractivity contribution in [3.8, 4) is 0 Å². The topological polar surface area (TPSA) is 104 Å². The predicted octanol–water partition coefficient (Wildman–Crippen LogP) is -0.821. The van der Waals surface area contributed by atoms with Crippen LogP contribution >= 0.6 is 12.6 Å². The first-order chi connectivity index (χ1) is 8.65. The normalized spacial score (nSPS) is 11.8. The quantitative estimate of drug-likeness (QED) is 0.381. The number of amides is 1. The lowest BCUT2D eigenvalue weighted by Crippen LogP contribution is -2.42. The third-order valence-electron chi connectivity index (χ3n) is 2.08. The van der Waals surface area contributed by atoms with E-state index in [1.54, 1.807) is 0 Å². The molecule has 0 spiro atoms. The van der Waals surface area contributed by atoms with Gasteiger partial charge in [0.2, 0.25) is 0 Å². The Bertz CT molecular complexity index is 401. The molecule has 1 aromatic heterocycles. The van der Waals surface area contributed by atoms with E-state index in [9.17, 15) is 9.59 Å². The first-order valence-electron chi connectivity index (χ1n) is 5.26. The van der Waals surface area contributed by atoms with Gasteiger partial charge in [0.1, 0.15) is 11.7 Å². The van der Waals surface area contributed by atoms with Gasteiger partial charge in [-0.25, -0.2) is 4.98 Å². The smallest absolute Gasteiger partial charge is 0.321 e. The highest BCUT2D eigenvalue weighted by atomic mass is 32.1. The minimum absolute atomic E-state index is 0.188. The van der Waals surface area contributed by atoms with Gasteiger partial charge in [-0.2, -0.15) is 12.6 Å². The molecule has 0 radical (unpaired) electrons. The standard InChI is InChI=1S/C10H14N4O3S/c15-9(7-5-11-1-2-12-7)14-4-3-13-8(6-18)10(16)17/h1-2,5,8,13,18H,3-4,6H2,(H,14,15)(H,16,17). The van der Waals surface area contributed by atoms with Crippen LogP contribution in [0.4, 0.5) is 0 Å². The fraction of sp³-hybridized carbons (Fsp3) is 0.400. The molecule has 1 unspecified atom stereocenters. The van der Waals surface area contributed by atoms with E-state index in [0.717, 1.165) is 0 Å². The van der Waals surface area contributed by atoms with Crippen molar-refractivity contribution in [3.05, 3.63) is 24.3 Å². The molecule has 0 aliphatic rings. The van der Waals surface area contributed by atoms with Gasteiger partial charge in [-0.3, -0.25) is 14.6 Å².